The predicted octanol–water partition coefficient (Wildman–Crippen LogP) is 4.54. The number of ether oxygens (including phenoxy) is 2. The number of hydrogen-bond donors (Lipinski definition) is 1. The predicted molar refractivity (Wildman–Crippen MR) is 103 cm³/mol. The molecule has 1 aromatic heterocycles. The van der Waals surface area contributed by atoms with E-state index in [-0.39, 0.29) is 11.9 Å². The molecule has 27 heavy (non-hydrogen) atoms. The van der Waals surface area contributed by atoms with Gasteiger partial charge in [0.25, 0.3) is 5.91 Å². The van der Waals surface area contributed by atoms with Crippen LogP contribution in [-0.4, -0.2) is 19.1 Å². The van der Waals surface area contributed by atoms with Crippen LogP contribution in [0.1, 0.15) is 34.8 Å². The molecule has 5 heteroatoms. The van der Waals surface area contributed by atoms with Crippen LogP contribution in [0.2, 0.25) is 0 Å². The molecule has 2 aromatic carbocycles. The SMILES string of the molecule is Cc1ccc(C(C)NC(=O)c2ccccc2OCCOc2ccccc2)o1. The summed E-state index contributed by atoms with van der Waals surface area (Å²) in [5, 5.41) is 2.94. The summed E-state index contributed by atoms with van der Waals surface area (Å²) >= 11 is 0. The van der Waals surface area contributed by atoms with Crippen LogP contribution >= 0.6 is 0 Å². The standard InChI is InChI=1S/C22H23NO4/c1-16-12-13-20(27-16)17(2)23-22(24)19-10-6-7-11-21(19)26-15-14-25-18-8-4-3-5-9-18/h3-13,17H,14-15H2,1-2H3,(H,23,24). The van der Waals surface area contributed by atoms with Gasteiger partial charge in [-0.15, -0.1) is 0 Å². The lowest BCUT2D eigenvalue weighted by Gasteiger charge is -2.15. The van der Waals surface area contributed by atoms with Crippen molar-refractivity contribution in [2.45, 2.75) is 19.9 Å². The first kappa shape index (κ1) is 18.6. The quantitative estimate of drug-likeness (QED) is 0.596. The van der Waals surface area contributed by atoms with E-state index in [1.165, 1.54) is 0 Å². The van der Waals surface area contributed by atoms with Crippen LogP contribution in [0.25, 0.3) is 0 Å². The second-order valence-corrected chi connectivity index (χ2v) is 6.15. The minimum absolute atomic E-state index is 0.212. The van der Waals surface area contributed by atoms with E-state index in [9.17, 15) is 4.79 Å². The van der Waals surface area contributed by atoms with E-state index in [0.717, 1.165) is 17.3 Å². The lowest BCUT2D eigenvalue weighted by atomic mass is 10.1. The molecule has 0 saturated carbocycles. The van der Waals surface area contributed by atoms with Crippen LogP contribution in [0.3, 0.4) is 0 Å². The first-order valence-electron chi connectivity index (χ1n) is 8.90. The average Bonchev–Trinajstić information content (AvgIpc) is 3.13. The van der Waals surface area contributed by atoms with Gasteiger partial charge in [-0.3, -0.25) is 4.79 Å². The normalized spacial score (nSPS) is 11.6. The van der Waals surface area contributed by atoms with Crippen LogP contribution in [0.5, 0.6) is 11.5 Å². The van der Waals surface area contributed by atoms with Crippen LogP contribution in [-0.2, 0) is 0 Å². The van der Waals surface area contributed by atoms with Crippen LogP contribution in [0.15, 0.2) is 71.1 Å². The molecule has 0 spiro atoms. The second-order valence-electron chi connectivity index (χ2n) is 6.15. The van der Waals surface area contributed by atoms with Gasteiger partial charge < -0.3 is 19.2 Å². The number of benzene rings is 2. The molecule has 5 nitrogen and oxygen atoms in total. The molecule has 0 fully saturated rings. The zero-order valence-electron chi connectivity index (χ0n) is 15.5. The first-order chi connectivity index (χ1) is 13.1. The highest BCUT2D eigenvalue weighted by molar-refractivity contribution is 5.97. The molecule has 0 saturated heterocycles. The van der Waals surface area contributed by atoms with Crippen molar-refractivity contribution < 1.29 is 18.7 Å². The van der Waals surface area contributed by atoms with E-state index >= 15 is 0 Å². The second kappa shape index (κ2) is 8.94. The number of carbonyl (C=O) groups excluding carboxylic acids is 1. The van der Waals surface area contributed by atoms with Gasteiger partial charge in [-0.2, -0.15) is 0 Å². The number of carbonyl (C=O) groups is 1. The highest BCUT2D eigenvalue weighted by Gasteiger charge is 2.17. The van der Waals surface area contributed by atoms with E-state index in [0.29, 0.717) is 24.5 Å². The summed E-state index contributed by atoms with van der Waals surface area (Å²) in [6, 6.07) is 20.2. The number of rotatable bonds is 8. The van der Waals surface area contributed by atoms with Crippen molar-refractivity contribution in [3.05, 3.63) is 83.8 Å². The van der Waals surface area contributed by atoms with E-state index in [1.54, 1.807) is 12.1 Å². The molecule has 140 valence electrons. The molecule has 3 aromatic rings. The van der Waals surface area contributed by atoms with Crippen molar-refractivity contribution in [2.75, 3.05) is 13.2 Å². The number of furan rings is 1. The fourth-order valence-corrected chi connectivity index (χ4v) is 2.64. The number of aryl methyl sites for hydroxylation is 1. The number of para-hydroxylation sites is 2. The molecule has 0 aliphatic rings. The first-order valence-corrected chi connectivity index (χ1v) is 8.90. The maximum atomic E-state index is 12.6. The third-order valence-corrected chi connectivity index (χ3v) is 4.02. The summed E-state index contributed by atoms with van der Waals surface area (Å²) in [7, 11) is 0. The van der Waals surface area contributed by atoms with Crippen molar-refractivity contribution in [2.24, 2.45) is 0 Å². The molecule has 1 unspecified atom stereocenters. The van der Waals surface area contributed by atoms with Gasteiger partial charge in [0.1, 0.15) is 36.2 Å². The Morgan fingerprint density at radius 2 is 1.67 bits per heavy atom. The Balaban J connectivity index is 1.57. The van der Waals surface area contributed by atoms with Crippen molar-refractivity contribution >= 4 is 5.91 Å². The van der Waals surface area contributed by atoms with E-state index < -0.39 is 0 Å². The summed E-state index contributed by atoms with van der Waals surface area (Å²) in [5.41, 5.74) is 0.479. The fourth-order valence-electron chi connectivity index (χ4n) is 2.64. The van der Waals surface area contributed by atoms with Crippen LogP contribution in [0.4, 0.5) is 0 Å². The molecule has 1 heterocycles. The van der Waals surface area contributed by atoms with Crippen molar-refractivity contribution in [1.82, 2.24) is 5.32 Å². The summed E-state index contributed by atoms with van der Waals surface area (Å²) in [5.74, 6) is 2.63. The average molecular weight is 365 g/mol. The molecule has 0 aliphatic carbocycles. The minimum Gasteiger partial charge on any atom is -0.490 e. The molecule has 0 aliphatic heterocycles. The number of nitrogens with one attached hydrogen (secondary N) is 1. The smallest absolute Gasteiger partial charge is 0.255 e. The lowest BCUT2D eigenvalue weighted by molar-refractivity contribution is 0.0930. The van der Waals surface area contributed by atoms with Crippen LogP contribution in [0, 0.1) is 6.92 Å². The molecular weight excluding hydrogens is 342 g/mol. The Morgan fingerprint density at radius 3 is 2.41 bits per heavy atom. The third kappa shape index (κ3) is 5.14. The Bertz CT molecular complexity index is 873. The van der Waals surface area contributed by atoms with Crippen molar-refractivity contribution in [1.29, 1.82) is 0 Å². The number of hydrogen-bond acceptors (Lipinski definition) is 4. The van der Waals surface area contributed by atoms with Crippen LogP contribution < -0.4 is 14.8 Å². The van der Waals surface area contributed by atoms with Gasteiger partial charge in [-0.1, -0.05) is 30.3 Å². The number of amides is 1. The van der Waals surface area contributed by atoms with E-state index in [1.807, 2.05) is 68.4 Å². The topological polar surface area (TPSA) is 60.7 Å². The van der Waals surface area contributed by atoms with Gasteiger partial charge in [-0.05, 0) is 50.2 Å². The lowest BCUT2D eigenvalue weighted by Crippen LogP contribution is -2.27. The highest BCUT2D eigenvalue weighted by Crippen LogP contribution is 2.21. The monoisotopic (exact) mass is 365 g/mol. The Kier molecular flexibility index (Phi) is 6.15. The summed E-state index contributed by atoms with van der Waals surface area (Å²) in [6.07, 6.45) is 0. The molecule has 1 atom stereocenters. The Hall–Kier alpha value is -3.21. The highest BCUT2D eigenvalue weighted by atomic mass is 16.5. The molecule has 0 radical (unpaired) electrons. The van der Waals surface area contributed by atoms with Crippen molar-refractivity contribution in [3.63, 3.8) is 0 Å². The molecule has 1 N–H and O–H groups in total. The Morgan fingerprint density at radius 1 is 0.963 bits per heavy atom. The zero-order chi connectivity index (χ0) is 19.1. The fraction of sp³-hybridized carbons (Fsp3) is 0.227. The minimum atomic E-state index is -0.235. The van der Waals surface area contributed by atoms with Gasteiger partial charge in [0.15, 0.2) is 0 Å². The molecule has 3 rings (SSSR count). The zero-order valence-corrected chi connectivity index (χ0v) is 15.5. The summed E-state index contributed by atoms with van der Waals surface area (Å²) in [6.45, 7) is 4.49. The van der Waals surface area contributed by atoms with Gasteiger partial charge >= 0.3 is 0 Å². The van der Waals surface area contributed by atoms with Gasteiger partial charge in [0.2, 0.25) is 0 Å². The summed E-state index contributed by atoms with van der Waals surface area (Å²) in [4.78, 5) is 12.6. The van der Waals surface area contributed by atoms with Gasteiger partial charge in [0, 0.05) is 0 Å². The molecule has 1 amide bonds. The largest absolute Gasteiger partial charge is 0.490 e. The van der Waals surface area contributed by atoms with Gasteiger partial charge in [-0.25, -0.2) is 0 Å². The van der Waals surface area contributed by atoms with E-state index in [2.05, 4.69) is 5.32 Å². The van der Waals surface area contributed by atoms with Crippen molar-refractivity contribution in [3.8, 4) is 11.5 Å². The maximum absolute atomic E-state index is 12.6. The van der Waals surface area contributed by atoms with E-state index in [4.69, 9.17) is 13.9 Å². The maximum Gasteiger partial charge on any atom is 0.255 e. The summed E-state index contributed by atoms with van der Waals surface area (Å²) < 4.78 is 16.9. The molecule has 0 bridgehead atoms. The molecular formula is C22H23NO4. The Labute approximate surface area is 158 Å². The third-order valence-electron chi connectivity index (χ3n) is 4.02. The van der Waals surface area contributed by atoms with Gasteiger partial charge in [0.05, 0.1) is 11.6 Å².